The van der Waals surface area contributed by atoms with E-state index >= 15 is 0 Å². The number of hydrogen-bond acceptors (Lipinski definition) is 4. The van der Waals surface area contributed by atoms with Crippen LogP contribution in [0.4, 0.5) is 0 Å². The summed E-state index contributed by atoms with van der Waals surface area (Å²) >= 11 is 6.11. The summed E-state index contributed by atoms with van der Waals surface area (Å²) in [4.78, 5) is 4.08. The van der Waals surface area contributed by atoms with E-state index in [0.29, 0.717) is 5.15 Å². The monoisotopic (exact) mass is 306 g/mol. The van der Waals surface area contributed by atoms with Crippen molar-refractivity contribution in [3.8, 4) is 5.75 Å². The number of benzene rings is 1. The van der Waals surface area contributed by atoms with Gasteiger partial charge in [-0.2, -0.15) is 0 Å². The molecule has 112 valence electrons. The third-order valence-corrected chi connectivity index (χ3v) is 3.70. The minimum atomic E-state index is -0.202. The van der Waals surface area contributed by atoms with E-state index < -0.39 is 0 Å². The van der Waals surface area contributed by atoms with Crippen molar-refractivity contribution in [2.75, 3.05) is 13.7 Å². The Bertz CT molecular complexity index is 592. The first-order valence-corrected chi connectivity index (χ1v) is 7.14. The van der Waals surface area contributed by atoms with Gasteiger partial charge < -0.3 is 15.2 Å². The molecule has 0 bridgehead atoms. The second-order valence-corrected chi connectivity index (χ2v) is 5.14. The summed E-state index contributed by atoms with van der Waals surface area (Å²) < 4.78 is 5.22. The van der Waals surface area contributed by atoms with E-state index in [4.69, 9.17) is 16.3 Å². The number of rotatable bonds is 6. The molecular formula is C16H19ClN2O2. The molecule has 0 spiro atoms. The number of ether oxygens (including phenoxy) is 1. The van der Waals surface area contributed by atoms with Crippen LogP contribution in [0.2, 0.25) is 5.15 Å². The second kappa shape index (κ2) is 7.41. The fraction of sp³-hybridized carbons (Fsp3) is 0.312. The molecule has 0 saturated carbocycles. The highest BCUT2D eigenvalue weighted by Crippen LogP contribution is 2.25. The maximum Gasteiger partial charge on any atom is 0.133 e. The largest absolute Gasteiger partial charge is 0.497 e. The van der Waals surface area contributed by atoms with Gasteiger partial charge >= 0.3 is 0 Å². The zero-order valence-corrected chi connectivity index (χ0v) is 12.8. The Morgan fingerprint density at radius 3 is 2.81 bits per heavy atom. The SMILES string of the molecule is COc1cccc(C(CO)NC(C)c2cccnc2Cl)c1. The van der Waals surface area contributed by atoms with E-state index in [1.165, 1.54) is 0 Å². The van der Waals surface area contributed by atoms with Crippen LogP contribution in [0.5, 0.6) is 5.75 Å². The van der Waals surface area contributed by atoms with Crippen molar-refractivity contribution in [1.29, 1.82) is 0 Å². The number of pyridine rings is 1. The number of hydrogen-bond donors (Lipinski definition) is 2. The van der Waals surface area contributed by atoms with Crippen molar-refractivity contribution in [2.24, 2.45) is 0 Å². The normalized spacial score (nSPS) is 13.7. The van der Waals surface area contributed by atoms with Gasteiger partial charge in [-0.05, 0) is 30.7 Å². The number of aliphatic hydroxyl groups excluding tert-OH is 1. The molecule has 2 atom stereocenters. The first-order valence-electron chi connectivity index (χ1n) is 6.77. The molecule has 2 rings (SSSR count). The van der Waals surface area contributed by atoms with Gasteiger partial charge in [-0.15, -0.1) is 0 Å². The Labute approximate surface area is 129 Å². The first-order chi connectivity index (χ1) is 10.2. The molecule has 4 nitrogen and oxygen atoms in total. The predicted molar refractivity (Wildman–Crippen MR) is 83.6 cm³/mol. The lowest BCUT2D eigenvalue weighted by Gasteiger charge is -2.23. The highest BCUT2D eigenvalue weighted by molar-refractivity contribution is 6.30. The Morgan fingerprint density at radius 1 is 1.33 bits per heavy atom. The van der Waals surface area contributed by atoms with Crippen LogP contribution < -0.4 is 10.1 Å². The van der Waals surface area contributed by atoms with Crippen molar-refractivity contribution < 1.29 is 9.84 Å². The fourth-order valence-electron chi connectivity index (χ4n) is 2.23. The van der Waals surface area contributed by atoms with Gasteiger partial charge in [0.1, 0.15) is 10.9 Å². The Hall–Kier alpha value is -1.62. The Morgan fingerprint density at radius 2 is 2.14 bits per heavy atom. The Kier molecular flexibility index (Phi) is 5.56. The number of halogens is 1. The van der Waals surface area contributed by atoms with Crippen LogP contribution in [0.3, 0.4) is 0 Å². The summed E-state index contributed by atoms with van der Waals surface area (Å²) in [6.45, 7) is 1.97. The molecule has 21 heavy (non-hydrogen) atoms. The molecule has 2 aromatic rings. The molecule has 0 fully saturated rings. The van der Waals surface area contributed by atoms with Gasteiger partial charge in [-0.25, -0.2) is 4.98 Å². The number of methoxy groups -OCH3 is 1. The lowest BCUT2D eigenvalue weighted by molar-refractivity contribution is 0.235. The van der Waals surface area contributed by atoms with Crippen molar-refractivity contribution in [3.63, 3.8) is 0 Å². The molecule has 2 N–H and O–H groups in total. The quantitative estimate of drug-likeness (QED) is 0.805. The molecule has 0 saturated heterocycles. The maximum atomic E-state index is 9.66. The predicted octanol–water partition coefficient (Wildman–Crippen LogP) is 3.13. The zero-order chi connectivity index (χ0) is 15.2. The summed E-state index contributed by atoms with van der Waals surface area (Å²) in [7, 11) is 1.62. The van der Waals surface area contributed by atoms with Crippen LogP contribution in [0, 0.1) is 0 Å². The van der Waals surface area contributed by atoms with Crippen molar-refractivity contribution in [2.45, 2.75) is 19.0 Å². The molecular weight excluding hydrogens is 288 g/mol. The minimum Gasteiger partial charge on any atom is -0.497 e. The molecule has 0 aliphatic carbocycles. The van der Waals surface area contributed by atoms with Crippen LogP contribution in [0.1, 0.15) is 30.1 Å². The molecule has 0 amide bonds. The zero-order valence-electron chi connectivity index (χ0n) is 12.1. The van der Waals surface area contributed by atoms with E-state index in [9.17, 15) is 5.11 Å². The summed E-state index contributed by atoms with van der Waals surface area (Å²) in [6.07, 6.45) is 1.66. The summed E-state index contributed by atoms with van der Waals surface area (Å²) in [5.41, 5.74) is 1.87. The smallest absolute Gasteiger partial charge is 0.133 e. The Balaban J connectivity index is 2.17. The summed E-state index contributed by atoms with van der Waals surface area (Å²) in [5.74, 6) is 0.764. The van der Waals surface area contributed by atoms with E-state index in [2.05, 4.69) is 10.3 Å². The first kappa shape index (κ1) is 15.8. The van der Waals surface area contributed by atoms with Crippen molar-refractivity contribution in [3.05, 3.63) is 58.9 Å². The highest BCUT2D eigenvalue weighted by Gasteiger charge is 2.17. The van der Waals surface area contributed by atoms with Crippen LogP contribution in [-0.2, 0) is 0 Å². The minimum absolute atomic E-state index is 0.0185. The molecule has 1 aromatic carbocycles. The van der Waals surface area contributed by atoms with E-state index in [0.717, 1.165) is 16.9 Å². The maximum absolute atomic E-state index is 9.66. The molecule has 1 aromatic heterocycles. The van der Waals surface area contributed by atoms with Gasteiger partial charge in [0.05, 0.1) is 19.8 Å². The van der Waals surface area contributed by atoms with E-state index in [-0.39, 0.29) is 18.7 Å². The average Bonchev–Trinajstić information content (AvgIpc) is 2.52. The van der Waals surface area contributed by atoms with Gasteiger partial charge in [0.25, 0.3) is 0 Å². The number of aromatic nitrogens is 1. The van der Waals surface area contributed by atoms with Gasteiger partial charge in [-0.3, -0.25) is 0 Å². The van der Waals surface area contributed by atoms with Gasteiger partial charge in [-0.1, -0.05) is 29.8 Å². The lowest BCUT2D eigenvalue weighted by atomic mass is 10.0. The topological polar surface area (TPSA) is 54.4 Å². The molecule has 1 heterocycles. The van der Waals surface area contributed by atoms with Crippen LogP contribution in [-0.4, -0.2) is 23.8 Å². The molecule has 5 heteroatoms. The van der Waals surface area contributed by atoms with E-state index in [1.807, 2.05) is 43.3 Å². The fourth-order valence-corrected chi connectivity index (χ4v) is 2.51. The summed E-state index contributed by atoms with van der Waals surface area (Å²) in [5, 5.41) is 13.5. The molecule has 0 radical (unpaired) electrons. The average molecular weight is 307 g/mol. The highest BCUT2D eigenvalue weighted by atomic mass is 35.5. The van der Waals surface area contributed by atoms with Crippen molar-refractivity contribution in [1.82, 2.24) is 10.3 Å². The standard InChI is InChI=1S/C16H19ClN2O2/c1-11(14-7-4-8-18-16(14)17)19-15(10-20)12-5-3-6-13(9-12)21-2/h3-9,11,15,19-20H,10H2,1-2H3. The lowest BCUT2D eigenvalue weighted by Crippen LogP contribution is -2.27. The molecule has 0 aliphatic heterocycles. The third kappa shape index (κ3) is 3.94. The van der Waals surface area contributed by atoms with Gasteiger partial charge in [0.2, 0.25) is 0 Å². The summed E-state index contributed by atoms with van der Waals surface area (Å²) in [6, 6.07) is 11.2. The third-order valence-electron chi connectivity index (χ3n) is 3.38. The van der Waals surface area contributed by atoms with Crippen LogP contribution in [0.15, 0.2) is 42.6 Å². The second-order valence-electron chi connectivity index (χ2n) is 4.78. The van der Waals surface area contributed by atoms with E-state index in [1.54, 1.807) is 13.3 Å². The van der Waals surface area contributed by atoms with Gasteiger partial charge in [0.15, 0.2) is 0 Å². The van der Waals surface area contributed by atoms with Gasteiger partial charge in [0, 0.05) is 17.8 Å². The number of nitrogens with one attached hydrogen (secondary N) is 1. The van der Waals surface area contributed by atoms with Crippen LogP contribution >= 0.6 is 11.6 Å². The van der Waals surface area contributed by atoms with Crippen molar-refractivity contribution >= 4 is 11.6 Å². The van der Waals surface area contributed by atoms with Crippen LogP contribution in [0.25, 0.3) is 0 Å². The molecule has 2 unspecified atom stereocenters. The number of nitrogens with zero attached hydrogens (tertiary/aromatic N) is 1. The number of aliphatic hydroxyl groups is 1. The molecule has 0 aliphatic rings.